The van der Waals surface area contributed by atoms with Crippen molar-refractivity contribution < 1.29 is 19.1 Å². The van der Waals surface area contributed by atoms with Gasteiger partial charge in [0.25, 0.3) is 0 Å². The molecule has 33 heavy (non-hydrogen) atoms. The van der Waals surface area contributed by atoms with Crippen LogP contribution in [0.5, 0.6) is 0 Å². The fourth-order valence-corrected chi connectivity index (χ4v) is 8.16. The minimum Gasteiger partial charge on any atom is -0.462 e. The van der Waals surface area contributed by atoms with Gasteiger partial charge in [-0.1, -0.05) is 31.6 Å². The average Bonchev–Trinajstić information content (AvgIpc) is 3.16. The number of ether oxygens (including phenoxy) is 2. The molecule has 0 aromatic rings. The van der Waals surface area contributed by atoms with Gasteiger partial charge in [0.05, 0.1) is 19.6 Å². The third-order valence-corrected chi connectivity index (χ3v) is 10.1. The molecule has 6 atom stereocenters. The number of fused-ring (bicyclic) bond motifs is 5. The maximum absolute atomic E-state index is 12.5. The number of hydrogen-bond acceptors (Lipinski definition) is 5. The van der Waals surface area contributed by atoms with Crippen molar-refractivity contribution in [1.29, 1.82) is 0 Å². The van der Waals surface area contributed by atoms with Gasteiger partial charge < -0.3 is 9.47 Å². The third kappa shape index (κ3) is 4.14. The van der Waals surface area contributed by atoms with E-state index in [1.54, 1.807) is 6.92 Å². The highest BCUT2D eigenvalue weighted by Crippen LogP contribution is 2.65. The van der Waals surface area contributed by atoms with E-state index in [1.807, 2.05) is 0 Å². The number of carbonyl (C=O) groups excluding carboxylic acids is 2. The van der Waals surface area contributed by atoms with Crippen molar-refractivity contribution in [3.8, 4) is 0 Å². The highest BCUT2D eigenvalue weighted by atomic mass is 16.5. The topological polar surface area (TPSA) is 55.8 Å². The summed E-state index contributed by atoms with van der Waals surface area (Å²) in [7, 11) is 0. The first-order valence-corrected chi connectivity index (χ1v) is 13.2. The van der Waals surface area contributed by atoms with E-state index in [4.69, 9.17) is 9.47 Å². The second-order valence-corrected chi connectivity index (χ2v) is 11.7. The van der Waals surface area contributed by atoms with Crippen LogP contribution in [0.1, 0.15) is 72.1 Å². The Morgan fingerprint density at radius 3 is 2.58 bits per heavy atom. The Morgan fingerprint density at radius 2 is 1.82 bits per heavy atom. The van der Waals surface area contributed by atoms with Crippen LogP contribution in [-0.2, 0) is 19.1 Å². The zero-order chi connectivity index (χ0) is 23.2. The number of carbonyl (C=O) groups is 2. The summed E-state index contributed by atoms with van der Waals surface area (Å²) in [6.45, 7) is 10.7. The van der Waals surface area contributed by atoms with E-state index < -0.39 is 0 Å². The predicted molar refractivity (Wildman–Crippen MR) is 128 cm³/mol. The summed E-state index contributed by atoms with van der Waals surface area (Å²) < 4.78 is 11.3. The smallest absolute Gasteiger partial charge is 0.307 e. The van der Waals surface area contributed by atoms with Crippen LogP contribution in [0.3, 0.4) is 0 Å². The lowest BCUT2D eigenvalue weighted by Gasteiger charge is -2.57. The number of rotatable bonds is 5. The summed E-state index contributed by atoms with van der Waals surface area (Å²) in [4.78, 5) is 27.1. The Bertz CT molecular complexity index is 856. The molecule has 1 heterocycles. The average molecular weight is 456 g/mol. The van der Waals surface area contributed by atoms with Crippen molar-refractivity contribution in [3.05, 3.63) is 23.3 Å². The van der Waals surface area contributed by atoms with Gasteiger partial charge in [-0.15, -0.1) is 0 Å². The summed E-state index contributed by atoms with van der Waals surface area (Å²) in [5.74, 6) is 2.17. The van der Waals surface area contributed by atoms with Crippen LogP contribution in [0.4, 0.5) is 0 Å². The normalized spacial score (nSPS) is 40.7. The Labute approximate surface area is 198 Å². The monoisotopic (exact) mass is 455 g/mol. The molecule has 2 saturated carbocycles. The predicted octanol–water partition coefficient (Wildman–Crippen LogP) is 4.71. The van der Waals surface area contributed by atoms with Crippen LogP contribution < -0.4 is 0 Å². The van der Waals surface area contributed by atoms with Crippen molar-refractivity contribution in [3.63, 3.8) is 0 Å². The number of esters is 1. The molecule has 0 bridgehead atoms. The summed E-state index contributed by atoms with van der Waals surface area (Å²) in [6, 6.07) is 0. The fourth-order valence-electron chi connectivity index (χ4n) is 8.16. The van der Waals surface area contributed by atoms with Crippen molar-refractivity contribution in [2.75, 3.05) is 32.8 Å². The molecule has 0 radical (unpaired) electrons. The molecule has 1 aliphatic heterocycles. The molecule has 0 N–H and O–H groups in total. The van der Waals surface area contributed by atoms with Crippen molar-refractivity contribution >= 4 is 11.8 Å². The van der Waals surface area contributed by atoms with Gasteiger partial charge in [-0.25, -0.2) is 0 Å². The van der Waals surface area contributed by atoms with Gasteiger partial charge in [-0.05, 0) is 79.6 Å². The van der Waals surface area contributed by atoms with Crippen LogP contribution in [0.2, 0.25) is 0 Å². The van der Waals surface area contributed by atoms with E-state index in [2.05, 4.69) is 30.9 Å². The lowest BCUT2D eigenvalue weighted by molar-refractivity contribution is -0.152. The second-order valence-electron chi connectivity index (χ2n) is 11.7. The number of morpholine rings is 1. The summed E-state index contributed by atoms with van der Waals surface area (Å²) >= 11 is 0. The quantitative estimate of drug-likeness (QED) is 0.444. The molecule has 0 aromatic carbocycles. The van der Waals surface area contributed by atoms with Gasteiger partial charge in [-0.2, -0.15) is 0 Å². The van der Waals surface area contributed by atoms with Gasteiger partial charge >= 0.3 is 5.97 Å². The van der Waals surface area contributed by atoms with E-state index in [0.717, 1.165) is 76.9 Å². The first-order valence-electron chi connectivity index (χ1n) is 13.2. The lowest BCUT2D eigenvalue weighted by Crippen LogP contribution is -2.50. The largest absolute Gasteiger partial charge is 0.462 e. The van der Waals surface area contributed by atoms with Crippen molar-refractivity contribution in [2.45, 2.75) is 78.2 Å². The first-order chi connectivity index (χ1) is 15.8. The molecule has 5 rings (SSSR count). The van der Waals surface area contributed by atoms with E-state index in [9.17, 15) is 9.59 Å². The van der Waals surface area contributed by atoms with Crippen LogP contribution in [0.25, 0.3) is 0 Å². The van der Waals surface area contributed by atoms with Crippen LogP contribution >= 0.6 is 0 Å². The molecule has 182 valence electrons. The molecule has 0 aromatic heterocycles. The Kier molecular flexibility index (Phi) is 6.32. The standard InChI is InChI=1S/C28H41NO4/c1-19(30)23-6-7-24-22-5-4-20-18-21(33-26(31)10-13-29-14-16-32-17-15-29)8-11-27(20,2)25(22)9-12-28(23,24)3/h4,6,21-22,24-25H,5,7-18H2,1-3H3/t21-,22+,24-,25+,27+,28-/m1/s1. The van der Waals surface area contributed by atoms with E-state index in [0.29, 0.717) is 24.2 Å². The van der Waals surface area contributed by atoms with E-state index >= 15 is 0 Å². The summed E-state index contributed by atoms with van der Waals surface area (Å²) in [6.07, 6.45) is 12.8. The SMILES string of the molecule is CC(=O)C1=CC[C@@H]2[C@@H]3CC=C4C[C@H](OC(=O)CCN5CCOCC5)CC[C@]4(C)[C@H]3CC[C@]12C. The van der Waals surface area contributed by atoms with E-state index in [1.165, 1.54) is 12.0 Å². The summed E-state index contributed by atoms with van der Waals surface area (Å²) in [5.41, 5.74) is 2.92. The Morgan fingerprint density at radius 1 is 1.06 bits per heavy atom. The van der Waals surface area contributed by atoms with Gasteiger partial charge in [0.1, 0.15) is 6.10 Å². The number of Topliss-reactive ketones (excluding diaryl/α,β-unsaturated/α-hetero) is 1. The highest BCUT2D eigenvalue weighted by Gasteiger charge is 2.57. The first kappa shape index (κ1) is 23.3. The lowest BCUT2D eigenvalue weighted by atomic mass is 9.47. The Hall–Kier alpha value is -1.46. The molecule has 0 amide bonds. The van der Waals surface area contributed by atoms with Crippen LogP contribution in [0, 0.1) is 28.6 Å². The van der Waals surface area contributed by atoms with E-state index in [-0.39, 0.29) is 28.7 Å². The van der Waals surface area contributed by atoms with Gasteiger partial charge in [-0.3, -0.25) is 14.5 Å². The zero-order valence-electron chi connectivity index (χ0n) is 20.7. The molecule has 5 aliphatic rings. The maximum Gasteiger partial charge on any atom is 0.307 e. The minimum atomic E-state index is -0.0494. The number of ketones is 1. The zero-order valence-corrected chi connectivity index (χ0v) is 20.7. The fraction of sp³-hybridized carbons (Fsp3) is 0.786. The molecular weight excluding hydrogens is 414 g/mol. The van der Waals surface area contributed by atoms with Gasteiger partial charge in [0, 0.05) is 26.1 Å². The van der Waals surface area contributed by atoms with Gasteiger partial charge in [0.15, 0.2) is 5.78 Å². The molecule has 3 fully saturated rings. The maximum atomic E-state index is 12.5. The van der Waals surface area contributed by atoms with Gasteiger partial charge in [0.2, 0.25) is 0 Å². The second kappa shape index (κ2) is 8.96. The van der Waals surface area contributed by atoms with Crippen LogP contribution in [-0.4, -0.2) is 55.6 Å². The molecule has 1 saturated heterocycles. The molecule has 5 heteroatoms. The number of hydrogen-bond donors (Lipinski definition) is 0. The molecule has 5 nitrogen and oxygen atoms in total. The third-order valence-electron chi connectivity index (χ3n) is 10.1. The number of nitrogens with zero attached hydrogens (tertiary/aromatic N) is 1. The molecule has 4 aliphatic carbocycles. The van der Waals surface area contributed by atoms with Crippen molar-refractivity contribution in [2.24, 2.45) is 28.6 Å². The Balaban J connectivity index is 1.21. The minimum absolute atomic E-state index is 0.0318. The van der Waals surface area contributed by atoms with Crippen molar-refractivity contribution in [1.82, 2.24) is 4.90 Å². The highest BCUT2D eigenvalue weighted by molar-refractivity contribution is 5.95. The molecular formula is C28H41NO4. The number of allylic oxidation sites excluding steroid dienone is 3. The molecule has 0 spiro atoms. The molecule has 0 unspecified atom stereocenters. The summed E-state index contributed by atoms with van der Waals surface area (Å²) in [5, 5.41) is 0. The van der Waals surface area contributed by atoms with Crippen LogP contribution in [0.15, 0.2) is 23.3 Å².